The monoisotopic (exact) mass is 346 g/mol. The van der Waals surface area contributed by atoms with Crippen LogP contribution < -0.4 is 14.8 Å². The highest BCUT2D eigenvalue weighted by Crippen LogP contribution is 2.40. The molecule has 0 saturated carbocycles. The number of benzene rings is 1. The van der Waals surface area contributed by atoms with E-state index in [4.69, 9.17) is 9.47 Å². The first-order valence-electron chi connectivity index (χ1n) is 7.61. The van der Waals surface area contributed by atoms with Crippen LogP contribution in [0.3, 0.4) is 0 Å². The molecule has 0 unspecified atom stereocenters. The zero-order valence-corrected chi connectivity index (χ0v) is 14.3. The van der Waals surface area contributed by atoms with Crippen LogP contribution in [0.1, 0.15) is 27.7 Å². The van der Waals surface area contributed by atoms with E-state index in [9.17, 15) is 14.9 Å². The van der Waals surface area contributed by atoms with Gasteiger partial charge >= 0.3 is 5.69 Å². The minimum atomic E-state index is -1.12. The van der Waals surface area contributed by atoms with Crippen molar-refractivity contribution in [2.24, 2.45) is 0 Å². The topological polar surface area (TPSA) is 109 Å². The van der Waals surface area contributed by atoms with Gasteiger partial charge in [-0.25, -0.2) is 0 Å². The fraction of sp³-hybridized carbons (Fsp3) is 0.375. The Hall–Kier alpha value is -3.10. The van der Waals surface area contributed by atoms with E-state index in [0.717, 1.165) is 6.20 Å². The van der Waals surface area contributed by atoms with Gasteiger partial charge in [0.1, 0.15) is 17.9 Å². The van der Waals surface area contributed by atoms with Crippen molar-refractivity contribution in [2.75, 3.05) is 5.32 Å². The van der Waals surface area contributed by atoms with Gasteiger partial charge in [0, 0.05) is 25.6 Å². The summed E-state index contributed by atoms with van der Waals surface area (Å²) in [7, 11) is 0. The zero-order valence-electron chi connectivity index (χ0n) is 14.3. The quantitative estimate of drug-likeness (QED) is 0.673. The number of amides is 1. The van der Waals surface area contributed by atoms with Gasteiger partial charge in [-0.05, 0) is 26.0 Å². The molecular weight excluding hydrogens is 328 g/mol. The summed E-state index contributed by atoms with van der Waals surface area (Å²) in [6.45, 7) is 6.82. The number of hydrogen-bond acceptors (Lipinski definition) is 6. The van der Waals surface area contributed by atoms with E-state index in [2.05, 4.69) is 10.4 Å². The lowest BCUT2D eigenvalue weighted by atomic mass is 10.0. The number of anilines is 1. The molecule has 2 heterocycles. The molecule has 3 rings (SSSR count). The van der Waals surface area contributed by atoms with Crippen molar-refractivity contribution in [3.63, 3.8) is 0 Å². The number of rotatable bonds is 4. The van der Waals surface area contributed by atoms with Crippen LogP contribution in [0.15, 0.2) is 30.6 Å². The summed E-state index contributed by atoms with van der Waals surface area (Å²) < 4.78 is 12.5. The molecule has 1 N–H and O–H groups in total. The second-order valence-corrected chi connectivity index (χ2v) is 6.68. The Morgan fingerprint density at radius 2 is 2.00 bits per heavy atom. The fourth-order valence-electron chi connectivity index (χ4n) is 2.40. The second-order valence-electron chi connectivity index (χ2n) is 6.68. The summed E-state index contributed by atoms with van der Waals surface area (Å²) in [6.07, 6.45) is 2.33. The van der Waals surface area contributed by atoms with Crippen molar-refractivity contribution in [3.8, 4) is 11.5 Å². The average Bonchev–Trinajstić information content (AvgIpc) is 3.10. The SMILES string of the molecule is CC1(C)Oc2ccc(NC(=O)C(C)(C)n3cc([N+](=O)[O-])cn3)cc2O1. The van der Waals surface area contributed by atoms with E-state index in [-0.39, 0.29) is 11.6 Å². The maximum absolute atomic E-state index is 12.6. The maximum atomic E-state index is 12.6. The van der Waals surface area contributed by atoms with Crippen molar-refractivity contribution in [3.05, 3.63) is 40.7 Å². The highest BCUT2D eigenvalue weighted by atomic mass is 16.7. The molecule has 2 aromatic rings. The van der Waals surface area contributed by atoms with Crippen LogP contribution in [0.2, 0.25) is 0 Å². The summed E-state index contributed by atoms with van der Waals surface area (Å²) in [5.41, 5.74) is -0.768. The van der Waals surface area contributed by atoms with E-state index >= 15 is 0 Å². The normalized spacial score (nSPS) is 15.0. The fourth-order valence-corrected chi connectivity index (χ4v) is 2.40. The second kappa shape index (κ2) is 5.47. The van der Waals surface area contributed by atoms with Gasteiger partial charge in [0.05, 0.1) is 4.92 Å². The summed E-state index contributed by atoms with van der Waals surface area (Å²) in [6, 6.07) is 5.08. The summed E-state index contributed by atoms with van der Waals surface area (Å²) in [5, 5.41) is 17.5. The van der Waals surface area contributed by atoms with Gasteiger partial charge < -0.3 is 14.8 Å². The number of nitro groups is 1. The molecular formula is C16H18N4O5. The Morgan fingerprint density at radius 3 is 2.64 bits per heavy atom. The van der Waals surface area contributed by atoms with E-state index < -0.39 is 16.2 Å². The molecule has 9 heteroatoms. The predicted octanol–water partition coefficient (Wildman–Crippen LogP) is 2.67. The van der Waals surface area contributed by atoms with Gasteiger partial charge in [-0.15, -0.1) is 0 Å². The van der Waals surface area contributed by atoms with Crippen molar-refractivity contribution < 1.29 is 19.2 Å². The molecule has 1 aromatic carbocycles. The minimum absolute atomic E-state index is 0.175. The Kier molecular flexibility index (Phi) is 3.66. The summed E-state index contributed by atoms with van der Waals surface area (Å²) in [4.78, 5) is 22.9. The smallest absolute Gasteiger partial charge is 0.307 e. The van der Waals surface area contributed by atoms with E-state index in [1.54, 1.807) is 45.9 Å². The van der Waals surface area contributed by atoms with Gasteiger partial charge in [0.15, 0.2) is 11.5 Å². The Labute approximate surface area is 143 Å². The number of ether oxygens (including phenoxy) is 2. The molecule has 0 spiro atoms. The molecule has 0 fully saturated rings. The lowest BCUT2D eigenvalue weighted by Gasteiger charge is -2.23. The lowest BCUT2D eigenvalue weighted by molar-refractivity contribution is -0.385. The first-order chi connectivity index (χ1) is 11.6. The lowest BCUT2D eigenvalue weighted by Crippen LogP contribution is -2.40. The molecule has 0 aliphatic carbocycles. The third kappa shape index (κ3) is 3.12. The van der Waals surface area contributed by atoms with Crippen LogP contribution in [0.5, 0.6) is 11.5 Å². The highest BCUT2D eigenvalue weighted by Gasteiger charge is 2.34. The number of nitrogens with zero attached hydrogens (tertiary/aromatic N) is 3. The number of hydrogen-bond donors (Lipinski definition) is 1. The van der Waals surface area contributed by atoms with Crippen LogP contribution in [-0.4, -0.2) is 26.4 Å². The molecule has 0 radical (unpaired) electrons. The Balaban J connectivity index is 1.79. The largest absolute Gasteiger partial charge is 0.449 e. The predicted molar refractivity (Wildman–Crippen MR) is 88.6 cm³/mol. The third-order valence-corrected chi connectivity index (χ3v) is 3.82. The van der Waals surface area contributed by atoms with Gasteiger partial charge in [-0.1, -0.05) is 0 Å². The minimum Gasteiger partial charge on any atom is -0.449 e. The standard InChI is InChI=1S/C16H18N4O5/c1-15(2,19-9-11(8-17-19)20(22)23)14(21)18-10-5-6-12-13(7-10)25-16(3,4)24-12/h5-9H,1-4H3,(H,18,21). The number of nitrogens with one attached hydrogen (secondary N) is 1. The molecule has 0 saturated heterocycles. The molecule has 1 amide bonds. The van der Waals surface area contributed by atoms with E-state index in [1.165, 1.54) is 10.9 Å². The van der Waals surface area contributed by atoms with Crippen molar-refractivity contribution in [1.82, 2.24) is 9.78 Å². The number of carbonyl (C=O) groups is 1. The zero-order chi connectivity index (χ0) is 18.4. The summed E-state index contributed by atoms with van der Waals surface area (Å²) in [5.74, 6) is 0.0158. The van der Waals surface area contributed by atoms with Gasteiger partial charge in [-0.3, -0.25) is 19.6 Å². The van der Waals surface area contributed by atoms with Gasteiger partial charge in [0.2, 0.25) is 5.79 Å². The van der Waals surface area contributed by atoms with E-state index in [1.807, 2.05) is 0 Å². The number of aromatic nitrogens is 2. The number of fused-ring (bicyclic) bond motifs is 1. The molecule has 1 aliphatic heterocycles. The van der Waals surface area contributed by atoms with Gasteiger partial charge in [-0.2, -0.15) is 5.10 Å². The van der Waals surface area contributed by atoms with Crippen LogP contribution >= 0.6 is 0 Å². The molecule has 1 aliphatic rings. The molecule has 9 nitrogen and oxygen atoms in total. The number of carbonyl (C=O) groups excluding carboxylic acids is 1. The van der Waals surface area contributed by atoms with Crippen LogP contribution in [0.4, 0.5) is 11.4 Å². The van der Waals surface area contributed by atoms with Gasteiger partial charge in [0.25, 0.3) is 5.91 Å². The summed E-state index contributed by atoms with van der Waals surface area (Å²) >= 11 is 0. The maximum Gasteiger partial charge on any atom is 0.307 e. The van der Waals surface area contributed by atoms with Crippen molar-refractivity contribution in [2.45, 2.75) is 39.0 Å². The molecule has 1 aromatic heterocycles. The Bertz CT molecular complexity index is 856. The molecule has 132 valence electrons. The van der Waals surface area contributed by atoms with Crippen LogP contribution in [-0.2, 0) is 10.3 Å². The van der Waals surface area contributed by atoms with Crippen molar-refractivity contribution >= 4 is 17.3 Å². The molecule has 0 atom stereocenters. The first kappa shape index (κ1) is 16.7. The first-order valence-corrected chi connectivity index (χ1v) is 7.61. The third-order valence-electron chi connectivity index (χ3n) is 3.82. The average molecular weight is 346 g/mol. The van der Waals surface area contributed by atoms with E-state index in [0.29, 0.717) is 17.2 Å². The molecule has 0 bridgehead atoms. The highest BCUT2D eigenvalue weighted by molar-refractivity contribution is 5.96. The Morgan fingerprint density at radius 1 is 1.32 bits per heavy atom. The van der Waals surface area contributed by atoms with Crippen LogP contribution in [0, 0.1) is 10.1 Å². The van der Waals surface area contributed by atoms with Crippen LogP contribution in [0.25, 0.3) is 0 Å². The van der Waals surface area contributed by atoms with Crippen molar-refractivity contribution in [1.29, 1.82) is 0 Å². The molecule has 25 heavy (non-hydrogen) atoms.